The molecule has 74 valence electrons. The molecular weight excluding hydrogens is 167 g/mol. The van der Waals surface area contributed by atoms with Crippen molar-refractivity contribution in [3.8, 4) is 0 Å². The van der Waals surface area contributed by atoms with Crippen LogP contribution >= 0.6 is 0 Å². The lowest BCUT2D eigenvalue weighted by Gasteiger charge is -2.20. The topological polar surface area (TPSA) is 12.0 Å². The number of halogens is 3. The molecule has 1 N–H and O–H groups in total. The largest absolute Gasteiger partial charge is 0.401 e. The SMILES string of the molecule is CCC(C)C(C)NCC(F)(F)F. The minimum Gasteiger partial charge on any atom is -0.306 e. The Morgan fingerprint density at radius 3 is 2.08 bits per heavy atom. The van der Waals surface area contributed by atoms with E-state index < -0.39 is 12.7 Å². The highest BCUT2D eigenvalue weighted by atomic mass is 19.4. The average Bonchev–Trinajstić information content (AvgIpc) is 1.97. The van der Waals surface area contributed by atoms with Gasteiger partial charge in [0.25, 0.3) is 0 Å². The first-order valence-electron chi connectivity index (χ1n) is 4.17. The molecule has 1 nitrogen and oxygen atoms in total. The lowest BCUT2D eigenvalue weighted by atomic mass is 10.0. The molecular formula is C8H16F3N. The molecule has 0 aromatic heterocycles. The van der Waals surface area contributed by atoms with E-state index in [1.807, 2.05) is 13.8 Å². The van der Waals surface area contributed by atoms with Crippen molar-refractivity contribution in [1.82, 2.24) is 5.32 Å². The lowest BCUT2D eigenvalue weighted by molar-refractivity contribution is -0.126. The van der Waals surface area contributed by atoms with E-state index in [1.54, 1.807) is 6.92 Å². The molecule has 0 aliphatic heterocycles. The van der Waals surface area contributed by atoms with E-state index >= 15 is 0 Å². The third kappa shape index (κ3) is 5.41. The first-order valence-corrected chi connectivity index (χ1v) is 4.17. The molecule has 0 heterocycles. The molecule has 0 spiro atoms. The highest BCUT2D eigenvalue weighted by molar-refractivity contribution is 4.68. The van der Waals surface area contributed by atoms with Gasteiger partial charge in [-0.15, -0.1) is 0 Å². The second-order valence-corrected chi connectivity index (χ2v) is 3.17. The van der Waals surface area contributed by atoms with Crippen molar-refractivity contribution in [3.63, 3.8) is 0 Å². The molecule has 0 amide bonds. The minimum atomic E-state index is -4.10. The molecule has 0 saturated carbocycles. The van der Waals surface area contributed by atoms with Gasteiger partial charge in [0, 0.05) is 6.04 Å². The zero-order valence-electron chi connectivity index (χ0n) is 7.70. The molecule has 0 aromatic carbocycles. The predicted octanol–water partition coefficient (Wildman–Crippen LogP) is 2.57. The Labute approximate surface area is 71.3 Å². The Morgan fingerprint density at radius 2 is 1.75 bits per heavy atom. The van der Waals surface area contributed by atoms with E-state index in [1.165, 1.54) is 0 Å². The number of rotatable bonds is 4. The van der Waals surface area contributed by atoms with Gasteiger partial charge in [-0.3, -0.25) is 0 Å². The second-order valence-electron chi connectivity index (χ2n) is 3.17. The summed E-state index contributed by atoms with van der Waals surface area (Å²) in [5.74, 6) is 0.285. The molecule has 0 aliphatic rings. The van der Waals surface area contributed by atoms with Crippen LogP contribution < -0.4 is 5.32 Å². The van der Waals surface area contributed by atoms with Gasteiger partial charge >= 0.3 is 6.18 Å². The van der Waals surface area contributed by atoms with Crippen molar-refractivity contribution in [2.24, 2.45) is 5.92 Å². The van der Waals surface area contributed by atoms with Crippen LogP contribution in [0.2, 0.25) is 0 Å². The van der Waals surface area contributed by atoms with Crippen molar-refractivity contribution >= 4 is 0 Å². The molecule has 0 rings (SSSR count). The number of hydrogen-bond donors (Lipinski definition) is 1. The Kier molecular flexibility index (Phi) is 4.60. The summed E-state index contributed by atoms with van der Waals surface area (Å²) < 4.78 is 35.2. The quantitative estimate of drug-likeness (QED) is 0.706. The molecule has 0 radical (unpaired) electrons. The highest BCUT2D eigenvalue weighted by Crippen LogP contribution is 2.14. The van der Waals surface area contributed by atoms with Crippen LogP contribution in [0.15, 0.2) is 0 Å². The molecule has 0 aromatic rings. The van der Waals surface area contributed by atoms with Gasteiger partial charge in [-0.2, -0.15) is 13.2 Å². The first kappa shape index (κ1) is 11.8. The summed E-state index contributed by atoms with van der Waals surface area (Å²) in [6.07, 6.45) is -3.20. The summed E-state index contributed by atoms with van der Waals surface area (Å²) in [6, 6.07) is -0.0726. The van der Waals surface area contributed by atoms with Crippen molar-refractivity contribution in [2.75, 3.05) is 6.54 Å². The van der Waals surface area contributed by atoms with Gasteiger partial charge in [-0.1, -0.05) is 20.3 Å². The summed E-state index contributed by atoms with van der Waals surface area (Å²) in [5, 5.41) is 2.45. The number of nitrogens with one attached hydrogen (secondary N) is 1. The minimum absolute atomic E-state index is 0.0726. The summed E-state index contributed by atoms with van der Waals surface area (Å²) in [4.78, 5) is 0. The van der Waals surface area contributed by atoms with Crippen LogP contribution in [0.25, 0.3) is 0 Å². The summed E-state index contributed by atoms with van der Waals surface area (Å²) in [6.45, 7) is 4.79. The van der Waals surface area contributed by atoms with Crippen LogP contribution in [0.4, 0.5) is 13.2 Å². The van der Waals surface area contributed by atoms with Gasteiger partial charge in [0.2, 0.25) is 0 Å². The second kappa shape index (κ2) is 4.70. The smallest absolute Gasteiger partial charge is 0.306 e. The van der Waals surface area contributed by atoms with E-state index in [-0.39, 0.29) is 12.0 Å². The standard InChI is InChI=1S/C8H16F3N/c1-4-6(2)7(3)12-5-8(9,10)11/h6-7,12H,4-5H2,1-3H3. The van der Waals surface area contributed by atoms with Crippen molar-refractivity contribution in [3.05, 3.63) is 0 Å². The molecule has 0 fully saturated rings. The predicted molar refractivity (Wildman–Crippen MR) is 43.0 cm³/mol. The molecule has 0 bridgehead atoms. The van der Waals surface area contributed by atoms with Gasteiger partial charge in [-0.25, -0.2) is 0 Å². The van der Waals surface area contributed by atoms with Crippen molar-refractivity contribution in [2.45, 2.75) is 39.4 Å². The van der Waals surface area contributed by atoms with E-state index in [9.17, 15) is 13.2 Å². The van der Waals surface area contributed by atoms with Crippen LogP contribution in [-0.4, -0.2) is 18.8 Å². The fourth-order valence-electron chi connectivity index (χ4n) is 0.831. The molecule has 4 heteroatoms. The van der Waals surface area contributed by atoms with Crippen molar-refractivity contribution in [1.29, 1.82) is 0 Å². The molecule has 2 atom stereocenters. The van der Waals surface area contributed by atoms with E-state index in [0.29, 0.717) is 0 Å². The zero-order chi connectivity index (χ0) is 9.78. The summed E-state index contributed by atoms with van der Waals surface area (Å²) in [5.41, 5.74) is 0. The first-order chi connectivity index (χ1) is 5.37. The Balaban J connectivity index is 3.64. The van der Waals surface area contributed by atoms with Gasteiger partial charge in [0.1, 0.15) is 0 Å². The fraction of sp³-hybridized carbons (Fsp3) is 1.00. The van der Waals surface area contributed by atoms with Crippen LogP contribution in [0.5, 0.6) is 0 Å². The Bertz CT molecular complexity index is 122. The molecule has 12 heavy (non-hydrogen) atoms. The summed E-state index contributed by atoms with van der Waals surface area (Å²) >= 11 is 0. The monoisotopic (exact) mass is 183 g/mol. The van der Waals surface area contributed by atoms with Crippen LogP contribution in [0.1, 0.15) is 27.2 Å². The van der Waals surface area contributed by atoms with E-state index in [2.05, 4.69) is 5.32 Å². The van der Waals surface area contributed by atoms with Gasteiger partial charge in [0.05, 0.1) is 6.54 Å². The average molecular weight is 183 g/mol. The van der Waals surface area contributed by atoms with Crippen LogP contribution in [0.3, 0.4) is 0 Å². The maximum absolute atomic E-state index is 11.7. The van der Waals surface area contributed by atoms with E-state index in [4.69, 9.17) is 0 Å². The number of alkyl halides is 3. The normalized spacial score (nSPS) is 17.5. The number of hydrogen-bond acceptors (Lipinski definition) is 1. The van der Waals surface area contributed by atoms with Gasteiger partial charge in [0.15, 0.2) is 0 Å². The molecule has 0 aliphatic carbocycles. The lowest BCUT2D eigenvalue weighted by Crippen LogP contribution is -2.38. The Morgan fingerprint density at radius 1 is 1.25 bits per heavy atom. The maximum atomic E-state index is 11.7. The third-order valence-electron chi connectivity index (χ3n) is 2.12. The van der Waals surface area contributed by atoms with Gasteiger partial charge in [-0.05, 0) is 12.8 Å². The van der Waals surface area contributed by atoms with E-state index in [0.717, 1.165) is 6.42 Å². The van der Waals surface area contributed by atoms with Crippen molar-refractivity contribution < 1.29 is 13.2 Å². The third-order valence-corrected chi connectivity index (χ3v) is 2.12. The van der Waals surface area contributed by atoms with Gasteiger partial charge < -0.3 is 5.32 Å². The molecule has 2 unspecified atom stereocenters. The van der Waals surface area contributed by atoms with Crippen LogP contribution in [-0.2, 0) is 0 Å². The zero-order valence-corrected chi connectivity index (χ0v) is 7.70. The van der Waals surface area contributed by atoms with Crippen LogP contribution in [0, 0.1) is 5.92 Å². The fourth-order valence-corrected chi connectivity index (χ4v) is 0.831. The highest BCUT2D eigenvalue weighted by Gasteiger charge is 2.27. The maximum Gasteiger partial charge on any atom is 0.401 e. The summed E-state index contributed by atoms with van der Waals surface area (Å²) in [7, 11) is 0. The molecule has 0 saturated heterocycles. The Hall–Kier alpha value is -0.250.